The van der Waals surface area contributed by atoms with Crippen LogP contribution in [0.2, 0.25) is 0 Å². The minimum atomic E-state index is -3.61. The van der Waals surface area contributed by atoms with Crippen molar-refractivity contribution in [3.05, 3.63) is 29.3 Å². The Morgan fingerprint density at radius 2 is 1.72 bits per heavy atom. The van der Waals surface area contributed by atoms with Crippen LogP contribution >= 0.6 is 0 Å². The predicted octanol–water partition coefficient (Wildman–Crippen LogP) is -0.00360. The molecule has 1 aromatic carbocycles. The molecule has 2 aliphatic heterocycles. The van der Waals surface area contributed by atoms with E-state index in [1.54, 1.807) is 12.1 Å². The Labute approximate surface area is 169 Å². The number of piperazine rings is 1. The average Bonchev–Trinajstić information content (AvgIpc) is 3.04. The van der Waals surface area contributed by atoms with Gasteiger partial charge < -0.3 is 10.2 Å². The first-order valence-electron chi connectivity index (χ1n) is 9.86. The molecule has 0 saturated carbocycles. The molecule has 156 valence electrons. The number of nitrogens with zero attached hydrogens (tertiary/aromatic N) is 2. The fourth-order valence-corrected chi connectivity index (χ4v) is 5.58. The molecule has 4 rings (SSSR count). The zero-order chi connectivity index (χ0) is 20.6. The number of benzene rings is 1. The minimum Gasteiger partial charge on any atom is -0.340 e. The van der Waals surface area contributed by atoms with Gasteiger partial charge in [-0.3, -0.25) is 14.9 Å². The van der Waals surface area contributed by atoms with Gasteiger partial charge in [-0.2, -0.15) is 4.31 Å². The van der Waals surface area contributed by atoms with Crippen LogP contribution in [0.25, 0.3) is 0 Å². The summed E-state index contributed by atoms with van der Waals surface area (Å²) < 4.78 is 27.5. The lowest BCUT2D eigenvalue weighted by Gasteiger charge is -2.34. The Bertz CT molecular complexity index is 953. The van der Waals surface area contributed by atoms with Crippen molar-refractivity contribution >= 4 is 27.9 Å². The second-order valence-corrected chi connectivity index (χ2v) is 9.58. The third-order valence-corrected chi connectivity index (χ3v) is 7.68. The number of hydrogen-bond acceptors (Lipinski definition) is 5. The van der Waals surface area contributed by atoms with E-state index < -0.39 is 28.0 Å². The third kappa shape index (κ3) is 3.99. The molecule has 10 heteroatoms. The quantitative estimate of drug-likeness (QED) is 0.665. The molecule has 2 saturated heterocycles. The third-order valence-electron chi connectivity index (χ3n) is 5.79. The molecule has 2 N–H and O–H groups in total. The number of urea groups is 1. The summed E-state index contributed by atoms with van der Waals surface area (Å²) in [7, 11) is -3.61. The molecule has 1 aromatic rings. The molecule has 3 aliphatic rings. The van der Waals surface area contributed by atoms with Crippen LogP contribution in [0.4, 0.5) is 4.79 Å². The predicted molar refractivity (Wildman–Crippen MR) is 104 cm³/mol. The molecule has 0 bridgehead atoms. The molecule has 4 amide bonds. The number of carbonyl (C=O) groups excluding carboxylic acids is 3. The van der Waals surface area contributed by atoms with E-state index in [9.17, 15) is 22.8 Å². The van der Waals surface area contributed by atoms with Gasteiger partial charge in [-0.1, -0.05) is 6.07 Å². The van der Waals surface area contributed by atoms with Gasteiger partial charge in [-0.15, -0.1) is 0 Å². The fraction of sp³-hybridized carbons (Fsp3) is 0.526. The molecule has 0 unspecified atom stereocenters. The highest BCUT2D eigenvalue weighted by atomic mass is 32.2. The Balaban J connectivity index is 1.38. The zero-order valence-electron chi connectivity index (χ0n) is 16.0. The van der Waals surface area contributed by atoms with Gasteiger partial charge in [0.25, 0.3) is 5.91 Å². The summed E-state index contributed by atoms with van der Waals surface area (Å²) >= 11 is 0. The average molecular weight is 420 g/mol. The van der Waals surface area contributed by atoms with Gasteiger partial charge in [0.15, 0.2) is 0 Å². The summed E-state index contributed by atoms with van der Waals surface area (Å²) in [5, 5.41) is 4.49. The van der Waals surface area contributed by atoms with Crippen molar-refractivity contribution in [1.29, 1.82) is 0 Å². The van der Waals surface area contributed by atoms with E-state index in [0.717, 1.165) is 31.2 Å². The smallest absolute Gasteiger partial charge is 0.322 e. The molecule has 2 fully saturated rings. The number of imide groups is 1. The van der Waals surface area contributed by atoms with E-state index in [0.29, 0.717) is 4.90 Å². The number of rotatable bonds is 4. The van der Waals surface area contributed by atoms with E-state index in [1.165, 1.54) is 14.8 Å². The van der Waals surface area contributed by atoms with Crippen LogP contribution in [0.5, 0.6) is 0 Å². The molecule has 29 heavy (non-hydrogen) atoms. The maximum absolute atomic E-state index is 13.0. The number of sulfonamides is 1. The van der Waals surface area contributed by atoms with Gasteiger partial charge in [0.1, 0.15) is 6.04 Å². The maximum atomic E-state index is 13.0. The van der Waals surface area contributed by atoms with Gasteiger partial charge >= 0.3 is 6.03 Å². The minimum absolute atomic E-state index is 0.130. The monoisotopic (exact) mass is 420 g/mol. The van der Waals surface area contributed by atoms with Crippen LogP contribution in [0.1, 0.15) is 30.4 Å². The van der Waals surface area contributed by atoms with Crippen LogP contribution in [0.3, 0.4) is 0 Å². The molecule has 0 spiro atoms. The van der Waals surface area contributed by atoms with Gasteiger partial charge in [-0.05, 0) is 48.9 Å². The highest BCUT2D eigenvalue weighted by Gasteiger charge is 2.35. The topological polar surface area (TPSA) is 116 Å². The normalized spacial score (nSPS) is 22.8. The standard InChI is InChI=1S/C19H24N4O5S/c24-17(12-16-18(25)21-19(26)20-16)22-7-9-23(10-8-22)29(27,28)15-6-5-13-3-1-2-4-14(13)11-15/h5-6,11,16H,1-4,7-10,12H2,(H2,20,21,25,26)/t16-/m1/s1. The summed E-state index contributed by atoms with van der Waals surface area (Å²) in [5.41, 5.74) is 2.34. The first kappa shape index (κ1) is 19.8. The summed E-state index contributed by atoms with van der Waals surface area (Å²) in [5.74, 6) is -0.796. The second kappa shape index (κ2) is 7.75. The second-order valence-electron chi connectivity index (χ2n) is 7.64. The molecule has 9 nitrogen and oxygen atoms in total. The van der Waals surface area contributed by atoms with Gasteiger partial charge in [-0.25, -0.2) is 13.2 Å². The summed E-state index contributed by atoms with van der Waals surface area (Å²) in [6, 6.07) is 3.92. The molecule has 1 aliphatic carbocycles. The van der Waals surface area contributed by atoms with Gasteiger partial charge in [0.05, 0.1) is 11.3 Å². The largest absolute Gasteiger partial charge is 0.340 e. The Kier molecular flexibility index (Phi) is 5.30. The Morgan fingerprint density at radius 3 is 2.38 bits per heavy atom. The van der Waals surface area contributed by atoms with E-state index in [2.05, 4.69) is 10.6 Å². The number of carbonyl (C=O) groups is 3. The van der Waals surface area contributed by atoms with Crippen molar-refractivity contribution in [1.82, 2.24) is 19.8 Å². The Morgan fingerprint density at radius 1 is 1.03 bits per heavy atom. The summed E-state index contributed by atoms with van der Waals surface area (Å²) in [6.07, 6.45) is 4.00. The molecule has 0 radical (unpaired) electrons. The highest BCUT2D eigenvalue weighted by molar-refractivity contribution is 7.89. The number of aryl methyl sites for hydroxylation is 2. The molecular weight excluding hydrogens is 396 g/mol. The lowest BCUT2D eigenvalue weighted by molar-refractivity contribution is -0.134. The van der Waals surface area contributed by atoms with Crippen LogP contribution in [0.15, 0.2) is 23.1 Å². The van der Waals surface area contributed by atoms with Gasteiger partial charge in [0, 0.05) is 26.2 Å². The molecular formula is C19H24N4O5S. The first-order chi connectivity index (χ1) is 13.8. The van der Waals surface area contributed by atoms with Crippen molar-refractivity contribution in [3.63, 3.8) is 0 Å². The van der Waals surface area contributed by atoms with Crippen LogP contribution in [0, 0.1) is 0 Å². The lowest BCUT2D eigenvalue weighted by Crippen LogP contribution is -2.51. The van der Waals surface area contributed by atoms with E-state index >= 15 is 0 Å². The molecule has 1 atom stereocenters. The van der Waals surface area contributed by atoms with Crippen LogP contribution in [-0.4, -0.2) is 67.7 Å². The number of fused-ring (bicyclic) bond motifs is 1. The highest BCUT2D eigenvalue weighted by Crippen LogP contribution is 2.26. The van der Waals surface area contributed by atoms with Crippen LogP contribution < -0.4 is 10.6 Å². The SMILES string of the molecule is O=C1NC(=O)[C@@H](CC(=O)N2CCN(S(=O)(=O)c3ccc4c(c3)CCCC4)CC2)N1. The van der Waals surface area contributed by atoms with Gasteiger partial charge in [0.2, 0.25) is 15.9 Å². The Hall–Kier alpha value is -2.46. The number of hydrogen-bond donors (Lipinski definition) is 2. The van der Waals surface area contributed by atoms with Crippen molar-refractivity contribution in [2.24, 2.45) is 0 Å². The fourth-order valence-electron chi connectivity index (χ4n) is 4.10. The van der Waals surface area contributed by atoms with Crippen molar-refractivity contribution < 1.29 is 22.8 Å². The zero-order valence-corrected chi connectivity index (χ0v) is 16.8. The number of amides is 4. The maximum Gasteiger partial charge on any atom is 0.322 e. The van der Waals surface area contributed by atoms with E-state index in [-0.39, 0.29) is 38.5 Å². The summed E-state index contributed by atoms with van der Waals surface area (Å²) in [6.45, 7) is 0.916. The number of nitrogens with one attached hydrogen (secondary N) is 2. The van der Waals surface area contributed by atoms with Crippen LogP contribution in [-0.2, 0) is 32.5 Å². The van der Waals surface area contributed by atoms with E-state index in [4.69, 9.17) is 0 Å². The molecule has 0 aromatic heterocycles. The molecule has 2 heterocycles. The van der Waals surface area contributed by atoms with E-state index in [1.807, 2.05) is 6.07 Å². The summed E-state index contributed by atoms with van der Waals surface area (Å²) in [4.78, 5) is 37.0. The first-order valence-corrected chi connectivity index (χ1v) is 11.3. The van der Waals surface area contributed by atoms with Crippen molar-refractivity contribution in [2.75, 3.05) is 26.2 Å². The van der Waals surface area contributed by atoms with Crippen molar-refractivity contribution in [3.8, 4) is 0 Å². The lowest BCUT2D eigenvalue weighted by atomic mass is 9.92. The van der Waals surface area contributed by atoms with Crippen molar-refractivity contribution in [2.45, 2.75) is 43.0 Å².